The smallest absolute Gasteiger partial charge is 0.336 e. The Kier molecular flexibility index (Phi) is 5.54. The Balaban J connectivity index is 2.03. The predicted molar refractivity (Wildman–Crippen MR) is 82.5 cm³/mol. The zero-order valence-electron chi connectivity index (χ0n) is 11.3. The van der Waals surface area contributed by atoms with Gasteiger partial charge in [-0.2, -0.15) is 13.2 Å². The quantitative estimate of drug-likeness (QED) is 0.392. The van der Waals surface area contributed by atoms with Crippen LogP contribution in [0.3, 0.4) is 0 Å². The van der Waals surface area contributed by atoms with E-state index in [-0.39, 0.29) is 40.3 Å². The highest BCUT2D eigenvalue weighted by atomic mass is 127. The fraction of sp³-hybridized carbons (Fsp3) is 0.462. The molecule has 0 spiro atoms. The Bertz CT molecular complexity index is 574. The van der Waals surface area contributed by atoms with Gasteiger partial charge in [-0.15, -0.1) is 0 Å². The molecular weight excluding hydrogens is 439 g/mol. The first kappa shape index (κ1) is 17.7. The molecule has 1 saturated heterocycles. The number of amides is 1. The minimum atomic E-state index is -4.25. The van der Waals surface area contributed by atoms with Crippen LogP contribution in [0.25, 0.3) is 0 Å². The molecule has 3 nitrogen and oxygen atoms in total. The van der Waals surface area contributed by atoms with E-state index in [0.29, 0.717) is 0 Å². The number of carbonyl (C=O) groups excluding carboxylic acids is 1. The first-order chi connectivity index (χ1) is 10.2. The van der Waals surface area contributed by atoms with Crippen LogP contribution in [0.4, 0.5) is 17.6 Å². The molecule has 2 rings (SSSR count). The van der Waals surface area contributed by atoms with E-state index in [1.54, 1.807) is 22.6 Å². The topological polar surface area (TPSA) is 23.6 Å². The summed E-state index contributed by atoms with van der Waals surface area (Å²) in [6.45, 7) is -0.342. The van der Waals surface area contributed by atoms with E-state index in [4.69, 9.17) is 11.6 Å². The van der Waals surface area contributed by atoms with Gasteiger partial charge in [0, 0.05) is 29.7 Å². The lowest BCUT2D eigenvalue weighted by Crippen LogP contribution is -2.51. The lowest BCUT2D eigenvalue weighted by molar-refractivity contribution is -0.148. The van der Waals surface area contributed by atoms with Gasteiger partial charge in [0.2, 0.25) is 0 Å². The molecule has 0 bridgehead atoms. The molecule has 122 valence electrons. The van der Waals surface area contributed by atoms with Crippen LogP contribution in [-0.4, -0.2) is 54.6 Å². The monoisotopic (exact) mass is 450 g/mol. The van der Waals surface area contributed by atoms with Crippen molar-refractivity contribution in [1.29, 1.82) is 0 Å². The van der Waals surface area contributed by atoms with Crippen LogP contribution >= 0.6 is 34.2 Å². The SMILES string of the molecule is O=C(c1cc(I)c(F)cc1Cl)N1CCN(CC(F)(F)F)CC1. The fourth-order valence-electron chi connectivity index (χ4n) is 2.22. The molecule has 1 aliphatic heterocycles. The molecule has 1 amide bonds. The molecule has 1 aromatic rings. The summed E-state index contributed by atoms with van der Waals surface area (Å²) in [7, 11) is 0. The summed E-state index contributed by atoms with van der Waals surface area (Å²) < 4.78 is 50.6. The second kappa shape index (κ2) is 6.88. The second-order valence-corrected chi connectivity index (χ2v) is 6.50. The van der Waals surface area contributed by atoms with Crippen molar-refractivity contribution in [2.45, 2.75) is 6.18 Å². The van der Waals surface area contributed by atoms with Gasteiger partial charge >= 0.3 is 6.18 Å². The molecule has 22 heavy (non-hydrogen) atoms. The van der Waals surface area contributed by atoms with Crippen molar-refractivity contribution in [3.8, 4) is 0 Å². The molecule has 0 atom stereocenters. The maximum atomic E-state index is 13.3. The Hall–Kier alpha value is -0.610. The van der Waals surface area contributed by atoms with Gasteiger partial charge < -0.3 is 4.90 Å². The van der Waals surface area contributed by atoms with E-state index in [1.807, 2.05) is 0 Å². The van der Waals surface area contributed by atoms with Crippen molar-refractivity contribution in [2.24, 2.45) is 0 Å². The van der Waals surface area contributed by atoms with Crippen LogP contribution in [0.5, 0.6) is 0 Å². The molecule has 1 aliphatic rings. The van der Waals surface area contributed by atoms with E-state index in [2.05, 4.69) is 0 Å². The highest BCUT2D eigenvalue weighted by Crippen LogP contribution is 2.24. The minimum absolute atomic E-state index is 0.000590. The molecule has 0 aromatic heterocycles. The number of rotatable bonds is 2. The van der Waals surface area contributed by atoms with Gasteiger partial charge in [0.15, 0.2) is 0 Å². The van der Waals surface area contributed by atoms with Crippen molar-refractivity contribution in [3.05, 3.63) is 32.1 Å². The molecule has 0 aliphatic carbocycles. The zero-order chi connectivity index (χ0) is 16.5. The fourth-order valence-corrected chi connectivity index (χ4v) is 2.92. The highest BCUT2D eigenvalue weighted by Gasteiger charge is 2.33. The number of alkyl halides is 3. The van der Waals surface area contributed by atoms with Gasteiger partial charge in [-0.1, -0.05) is 11.6 Å². The van der Waals surface area contributed by atoms with E-state index < -0.39 is 24.4 Å². The molecule has 1 heterocycles. The van der Waals surface area contributed by atoms with Crippen LogP contribution in [0, 0.1) is 9.39 Å². The lowest BCUT2D eigenvalue weighted by Gasteiger charge is -2.35. The molecule has 1 aromatic carbocycles. The van der Waals surface area contributed by atoms with Crippen molar-refractivity contribution in [3.63, 3.8) is 0 Å². The van der Waals surface area contributed by atoms with E-state index in [1.165, 1.54) is 15.9 Å². The lowest BCUT2D eigenvalue weighted by atomic mass is 10.1. The van der Waals surface area contributed by atoms with Crippen molar-refractivity contribution >= 4 is 40.1 Å². The summed E-state index contributed by atoms with van der Waals surface area (Å²) in [5.41, 5.74) is 0.164. The molecule has 0 unspecified atom stereocenters. The summed E-state index contributed by atoms with van der Waals surface area (Å²) in [5.74, 6) is -0.910. The van der Waals surface area contributed by atoms with E-state index in [9.17, 15) is 22.4 Å². The van der Waals surface area contributed by atoms with E-state index in [0.717, 1.165) is 6.07 Å². The maximum Gasteiger partial charge on any atom is 0.401 e. The number of carbonyl (C=O) groups is 1. The summed E-state index contributed by atoms with van der Waals surface area (Å²) in [6.07, 6.45) is -4.25. The summed E-state index contributed by atoms with van der Waals surface area (Å²) in [6, 6.07) is 2.42. The largest absolute Gasteiger partial charge is 0.401 e. The van der Waals surface area contributed by atoms with Gasteiger partial charge in [0.25, 0.3) is 5.91 Å². The summed E-state index contributed by atoms with van der Waals surface area (Å²) >= 11 is 7.63. The summed E-state index contributed by atoms with van der Waals surface area (Å²) in [4.78, 5) is 15.0. The normalized spacial score (nSPS) is 16.9. The van der Waals surface area contributed by atoms with Gasteiger partial charge in [0.1, 0.15) is 5.82 Å². The van der Waals surface area contributed by atoms with Crippen LogP contribution < -0.4 is 0 Å². The van der Waals surface area contributed by atoms with Crippen molar-refractivity contribution in [2.75, 3.05) is 32.7 Å². The van der Waals surface area contributed by atoms with Gasteiger partial charge in [-0.3, -0.25) is 9.69 Å². The average Bonchev–Trinajstić information content (AvgIpc) is 2.41. The van der Waals surface area contributed by atoms with Crippen LogP contribution in [-0.2, 0) is 0 Å². The first-order valence-corrected chi connectivity index (χ1v) is 7.86. The molecular formula is C13H12ClF4IN2O. The third kappa shape index (κ3) is 4.45. The number of hydrogen-bond donors (Lipinski definition) is 0. The first-order valence-electron chi connectivity index (χ1n) is 6.40. The van der Waals surface area contributed by atoms with Crippen LogP contribution in [0.2, 0.25) is 5.02 Å². The minimum Gasteiger partial charge on any atom is -0.336 e. The Morgan fingerprint density at radius 3 is 2.36 bits per heavy atom. The predicted octanol–water partition coefficient (Wildman–Crippen LogP) is 3.40. The Morgan fingerprint density at radius 2 is 1.82 bits per heavy atom. The van der Waals surface area contributed by atoms with Crippen molar-refractivity contribution in [1.82, 2.24) is 9.80 Å². The number of benzene rings is 1. The van der Waals surface area contributed by atoms with Crippen LogP contribution in [0.1, 0.15) is 10.4 Å². The van der Waals surface area contributed by atoms with Gasteiger partial charge in [-0.05, 0) is 34.7 Å². The number of halogens is 6. The number of hydrogen-bond acceptors (Lipinski definition) is 2. The number of piperazine rings is 1. The Morgan fingerprint density at radius 1 is 1.23 bits per heavy atom. The van der Waals surface area contributed by atoms with Crippen LogP contribution in [0.15, 0.2) is 12.1 Å². The van der Waals surface area contributed by atoms with Crippen molar-refractivity contribution < 1.29 is 22.4 Å². The Labute approximate surface area is 143 Å². The molecule has 0 N–H and O–H groups in total. The summed E-state index contributed by atoms with van der Waals surface area (Å²) in [5, 5.41) is 0.000590. The maximum absolute atomic E-state index is 13.3. The highest BCUT2D eigenvalue weighted by molar-refractivity contribution is 14.1. The second-order valence-electron chi connectivity index (χ2n) is 4.93. The average molecular weight is 451 g/mol. The third-order valence-electron chi connectivity index (χ3n) is 3.30. The van der Waals surface area contributed by atoms with Gasteiger partial charge in [0.05, 0.1) is 17.1 Å². The molecule has 9 heteroatoms. The third-order valence-corrected chi connectivity index (χ3v) is 4.44. The molecule has 0 saturated carbocycles. The number of nitrogens with zero attached hydrogens (tertiary/aromatic N) is 2. The molecule has 1 fully saturated rings. The van der Waals surface area contributed by atoms with Gasteiger partial charge in [-0.25, -0.2) is 4.39 Å². The molecule has 0 radical (unpaired) electrons. The standard InChI is InChI=1S/C13H12ClF4IN2O/c14-9-6-10(15)11(19)5-8(9)12(22)21-3-1-20(2-4-21)7-13(16,17)18/h5-6H,1-4,7H2. The zero-order valence-corrected chi connectivity index (χ0v) is 14.2. The van der Waals surface area contributed by atoms with E-state index >= 15 is 0 Å².